The third-order valence-electron chi connectivity index (χ3n) is 9.13. The molecule has 1 amide bonds. The molecule has 2 heterocycles. The maximum absolute atomic E-state index is 14.6. The fraction of sp³-hybridized carbons (Fsp3) is 0.531. The molecular weight excluding hydrogens is 501 g/mol. The summed E-state index contributed by atoms with van der Waals surface area (Å²) in [5, 5.41) is 3.77. The van der Waals surface area contributed by atoms with Gasteiger partial charge in [0.15, 0.2) is 0 Å². The van der Waals surface area contributed by atoms with E-state index in [2.05, 4.69) is 19.2 Å². The topological polar surface area (TPSA) is 41.6 Å². The summed E-state index contributed by atoms with van der Waals surface area (Å²) in [6.07, 6.45) is 2.15. The summed E-state index contributed by atoms with van der Waals surface area (Å²) in [6, 6.07) is 15.4. The van der Waals surface area contributed by atoms with Crippen molar-refractivity contribution in [2.24, 2.45) is 11.3 Å². The number of alkyl halides is 3. The van der Waals surface area contributed by atoms with Crippen LogP contribution in [-0.2, 0) is 15.7 Å². The highest BCUT2D eigenvalue weighted by atomic mass is 19.4. The quantitative estimate of drug-likeness (QED) is 0.428. The van der Waals surface area contributed by atoms with Crippen LogP contribution >= 0.6 is 0 Å². The summed E-state index contributed by atoms with van der Waals surface area (Å²) in [7, 11) is 0. The molecule has 2 aliphatic heterocycles. The van der Waals surface area contributed by atoms with Gasteiger partial charge in [0.2, 0.25) is 5.91 Å². The predicted molar refractivity (Wildman–Crippen MR) is 147 cm³/mol. The maximum atomic E-state index is 14.6. The molecule has 0 aromatic heterocycles. The zero-order chi connectivity index (χ0) is 27.6. The Morgan fingerprint density at radius 1 is 1.00 bits per heavy atom. The average Bonchev–Trinajstić information content (AvgIpc) is 3.38. The summed E-state index contributed by atoms with van der Waals surface area (Å²) in [5.41, 5.74) is 0.872. The Morgan fingerprint density at radius 2 is 1.69 bits per heavy atom. The van der Waals surface area contributed by atoms with Gasteiger partial charge in [0, 0.05) is 31.8 Å². The molecule has 2 fully saturated rings. The molecule has 1 saturated heterocycles. The molecule has 1 saturated carbocycles. The van der Waals surface area contributed by atoms with Crippen LogP contribution in [0.5, 0.6) is 0 Å². The summed E-state index contributed by atoms with van der Waals surface area (Å²) >= 11 is 0. The molecule has 2 aromatic carbocycles. The van der Waals surface area contributed by atoms with Crippen LogP contribution in [0.3, 0.4) is 0 Å². The number of nitrogens with zero attached hydrogens (tertiary/aromatic N) is 1. The largest absolute Gasteiger partial charge is 0.416 e. The van der Waals surface area contributed by atoms with E-state index in [1.54, 1.807) is 17.0 Å². The Bertz CT molecular complexity index is 1170. The SMILES string of the molecule is CC(C)[C@]1(C(=O)N2CC=C(c3ccccc3)CC2c2ccccc2C(F)(F)F)CC[C@@H](NC2CCOCC2)C1. The zero-order valence-corrected chi connectivity index (χ0v) is 22.8. The number of benzene rings is 2. The summed E-state index contributed by atoms with van der Waals surface area (Å²) in [6.45, 7) is 5.98. The molecule has 1 N–H and O–H groups in total. The Kier molecular flexibility index (Phi) is 8.20. The van der Waals surface area contributed by atoms with Gasteiger partial charge >= 0.3 is 6.18 Å². The molecule has 4 nitrogen and oxygen atoms in total. The fourth-order valence-electron chi connectivity index (χ4n) is 6.84. The highest BCUT2D eigenvalue weighted by molar-refractivity contribution is 5.85. The molecule has 3 aliphatic rings. The van der Waals surface area contributed by atoms with Crippen molar-refractivity contribution in [3.05, 3.63) is 77.4 Å². The van der Waals surface area contributed by atoms with Crippen LogP contribution in [0, 0.1) is 11.3 Å². The second kappa shape index (κ2) is 11.5. The number of carbonyl (C=O) groups is 1. The van der Waals surface area contributed by atoms with Crippen LogP contribution in [-0.4, -0.2) is 42.6 Å². The Hall–Kier alpha value is -2.64. The molecule has 1 aliphatic carbocycles. The summed E-state index contributed by atoms with van der Waals surface area (Å²) < 4.78 is 48.1. The second-order valence-corrected chi connectivity index (χ2v) is 11.7. The van der Waals surface area contributed by atoms with Crippen LogP contribution in [0.15, 0.2) is 60.7 Å². The number of rotatable bonds is 6. The number of halogens is 3. The molecule has 0 spiro atoms. The van der Waals surface area contributed by atoms with E-state index in [9.17, 15) is 18.0 Å². The van der Waals surface area contributed by atoms with Crippen molar-refractivity contribution in [1.29, 1.82) is 0 Å². The number of nitrogens with one attached hydrogen (secondary N) is 1. The van der Waals surface area contributed by atoms with Crippen LogP contribution < -0.4 is 5.32 Å². The summed E-state index contributed by atoms with van der Waals surface area (Å²) in [4.78, 5) is 16.3. The third-order valence-corrected chi connectivity index (χ3v) is 9.13. The van der Waals surface area contributed by atoms with Crippen LogP contribution in [0.4, 0.5) is 13.2 Å². The van der Waals surface area contributed by atoms with Crippen molar-refractivity contribution in [3.63, 3.8) is 0 Å². The average molecular weight is 541 g/mol. The van der Waals surface area contributed by atoms with Crippen molar-refractivity contribution >= 4 is 11.5 Å². The van der Waals surface area contributed by atoms with Gasteiger partial charge in [0.1, 0.15) is 0 Å². The first-order chi connectivity index (χ1) is 18.7. The van der Waals surface area contributed by atoms with Gasteiger partial charge in [-0.05, 0) is 67.2 Å². The monoisotopic (exact) mass is 540 g/mol. The molecule has 0 bridgehead atoms. The van der Waals surface area contributed by atoms with E-state index >= 15 is 0 Å². The van der Waals surface area contributed by atoms with E-state index in [4.69, 9.17) is 4.74 Å². The van der Waals surface area contributed by atoms with Gasteiger partial charge in [-0.25, -0.2) is 0 Å². The van der Waals surface area contributed by atoms with Gasteiger partial charge in [-0.1, -0.05) is 68.5 Å². The van der Waals surface area contributed by atoms with Gasteiger partial charge in [-0.3, -0.25) is 4.79 Å². The fourth-order valence-corrected chi connectivity index (χ4v) is 6.84. The number of ether oxygens (including phenoxy) is 1. The van der Waals surface area contributed by atoms with Crippen LogP contribution in [0.1, 0.15) is 75.1 Å². The standard InChI is InChI=1S/C32H39F3N2O2/c1-22(2)31(16-12-26(21-31)36-25-14-18-39-19-15-25)30(38)37-17-13-24(23-8-4-3-5-9-23)20-29(37)27-10-6-7-11-28(27)32(33,34)35/h3-11,13,22,25-26,29,36H,12,14-21H2,1-2H3/t26-,29?,31+/m1/s1. The Labute approximate surface area is 229 Å². The number of carbonyl (C=O) groups excluding carboxylic acids is 1. The molecular formula is C32H39F3N2O2. The lowest BCUT2D eigenvalue weighted by Crippen LogP contribution is -2.49. The first-order valence-corrected chi connectivity index (χ1v) is 14.2. The molecule has 39 heavy (non-hydrogen) atoms. The van der Waals surface area contributed by atoms with E-state index in [-0.39, 0.29) is 23.4 Å². The molecule has 5 rings (SSSR count). The van der Waals surface area contributed by atoms with Crippen molar-refractivity contribution < 1.29 is 22.7 Å². The maximum Gasteiger partial charge on any atom is 0.416 e. The van der Waals surface area contributed by atoms with E-state index < -0.39 is 23.2 Å². The van der Waals surface area contributed by atoms with E-state index in [0.29, 0.717) is 25.4 Å². The van der Waals surface area contributed by atoms with Gasteiger partial charge in [-0.2, -0.15) is 13.2 Å². The molecule has 3 atom stereocenters. The predicted octanol–water partition coefficient (Wildman–Crippen LogP) is 7.03. The van der Waals surface area contributed by atoms with E-state index in [0.717, 1.165) is 56.1 Å². The zero-order valence-electron chi connectivity index (χ0n) is 22.8. The molecule has 210 valence electrons. The Morgan fingerprint density at radius 3 is 2.38 bits per heavy atom. The van der Waals surface area contributed by atoms with Crippen molar-refractivity contribution in [2.45, 2.75) is 76.7 Å². The lowest BCUT2D eigenvalue weighted by molar-refractivity contribution is -0.149. The van der Waals surface area contributed by atoms with E-state index in [1.807, 2.05) is 36.4 Å². The minimum atomic E-state index is -4.50. The van der Waals surface area contributed by atoms with Crippen LogP contribution in [0.25, 0.3) is 5.57 Å². The number of hydrogen-bond donors (Lipinski definition) is 1. The third kappa shape index (κ3) is 5.80. The molecule has 1 unspecified atom stereocenters. The normalized spacial score (nSPS) is 26.6. The van der Waals surface area contributed by atoms with Crippen molar-refractivity contribution in [3.8, 4) is 0 Å². The van der Waals surface area contributed by atoms with Crippen molar-refractivity contribution in [1.82, 2.24) is 10.2 Å². The minimum absolute atomic E-state index is 0.0147. The van der Waals surface area contributed by atoms with Gasteiger partial charge in [0.05, 0.1) is 17.0 Å². The summed E-state index contributed by atoms with van der Waals surface area (Å²) in [5.74, 6) is 0.0589. The second-order valence-electron chi connectivity index (χ2n) is 11.7. The molecule has 0 radical (unpaired) electrons. The van der Waals surface area contributed by atoms with Gasteiger partial charge in [0.25, 0.3) is 0 Å². The van der Waals surface area contributed by atoms with Crippen molar-refractivity contribution in [2.75, 3.05) is 19.8 Å². The van der Waals surface area contributed by atoms with Gasteiger partial charge < -0.3 is 15.0 Å². The first kappa shape index (κ1) is 27.9. The Balaban J connectivity index is 1.48. The molecule has 2 aromatic rings. The lowest BCUT2D eigenvalue weighted by atomic mass is 9.73. The van der Waals surface area contributed by atoms with E-state index in [1.165, 1.54) is 6.07 Å². The van der Waals surface area contributed by atoms with Crippen LogP contribution in [0.2, 0.25) is 0 Å². The first-order valence-electron chi connectivity index (χ1n) is 14.2. The van der Waals surface area contributed by atoms with Gasteiger partial charge in [-0.15, -0.1) is 0 Å². The highest BCUT2D eigenvalue weighted by Crippen LogP contribution is 2.49. The number of amides is 1. The molecule has 7 heteroatoms. The highest BCUT2D eigenvalue weighted by Gasteiger charge is 2.51. The number of hydrogen-bond acceptors (Lipinski definition) is 3. The minimum Gasteiger partial charge on any atom is -0.381 e. The smallest absolute Gasteiger partial charge is 0.381 e. The lowest BCUT2D eigenvalue weighted by Gasteiger charge is -2.43.